The molecule has 0 bridgehead atoms. The smallest absolute Gasteiger partial charge is 0.253 e. The summed E-state index contributed by atoms with van der Waals surface area (Å²) in [5.41, 5.74) is 1.60. The molecule has 8 heteroatoms. The van der Waals surface area contributed by atoms with Crippen molar-refractivity contribution in [2.75, 3.05) is 30.5 Å². The Bertz CT molecular complexity index is 1050. The van der Waals surface area contributed by atoms with Gasteiger partial charge in [0.25, 0.3) is 5.91 Å². The fraction of sp³-hybridized carbons (Fsp3) is 0.250. The zero-order valence-electron chi connectivity index (χ0n) is 15.3. The molecule has 0 saturated carbocycles. The van der Waals surface area contributed by atoms with E-state index in [1.165, 1.54) is 17.0 Å². The molecule has 28 heavy (non-hydrogen) atoms. The first-order valence-corrected chi connectivity index (χ1v) is 8.92. The summed E-state index contributed by atoms with van der Waals surface area (Å²) in [6.45, 7) is 0.688. The van der Waals surface area contributed by atoms with E-state index in [1.807, 2.05) is 24.3 Å². The van der Waals surface area contributed by atoms with Crippen LogP contribution in [0.3, 0.4) is 0 Å². The zero-order valence-corrected chi connectivity index (χ0v) is 15.3. The van der Waals surface area contributed by atoms with E-state index in [0.29, 0.717) is 19.1 Å². The summed E-state index contributed by atoms with van der Waals surface area (Å²) >= 11 is 0. The van der Waals surface area contributed by atoms with Crippen LogP contribution < -0.4 is 10.2 Å². The van der Waals surface area contributed by atoms with Gasteiger partial charge in [0.05, 0.1) is 36.3 Å². The molecule has 7 nitrogen and oxygen atoms in total. The van der Waals surface area contributed by atoms with E-state index in [1.54, 1.807) is 23.8 Å². The number of nitrogens with one attached hydrogen (secondary N) is 1. The van der Waals surface area contributed by atoms with E-state index in [-0.39, 0.29) is 18.0 Å². The van der Waals surface area contributed by atoms with Crippen LogP contribution in [0.1, 0.15) is 12.5 Å². The second-order valence-electron chi connectivity index (χ2n) is 6.50. The highest BCUT2D eigenvalue weighted by Crippen LogP contribution is 2.36. The molecule has 0 saturated heterocycles. The van der Waals surface area contributed by atoms with Crippen molar-refractivity contribution in [3.63, 3.8) is 0 Å². The van der Waals surface area contributed by atoms with E-state index >= 15 is 0 Å². The van der Waals surface area contributed by atoms with Crippen LogP contribution in [0.2, 0.25) is 0 Å². The number of aromatic nitrogens is 2. The number of methoxy groups -OCH3 is 1. The number of halogens is 1. The van der Waals surface area contributed by atoms with E-state index in [2.05, 4.69) is 10.3 Å². The molecule has 1 aliphatic rings. The topological polar surface area (TPSA) is 76.5 Å². The van der Waals surface area contributed by atoms with Gasteiger partial charge in [0.15, 0.2) is 0 Å². The lowest BCUT2D eigenvalue weighted by Crippen LogP contribution is -2.33. The highest BCUT2D eigenvalue weighted by Gasteiger charge is 2.40. The van der Waals surface area contributed by atoms with Crippen molar-refractivity contribution in [3.05, 3.63) is 54.3 Å². The van der Waals surface area contributed by atoms with Gasteiger partial charge in [-0.25, -0.2) is 9.37 Å². The van der Waals surface area contributed by atoms with E-state index in [9.17, 15) is 14.0 Å². The summed E-state index contributed by atoms with van der Waals surface area (Å²) in [6, 6.07) is 12.6. The van der Waals surface area contributed by atoms with E-state index in [0.717, 1.165) is 11.0 Å². The van der Waals surface area contributed by atoms with Crippen LogP contribution in [0.4, 0.5) is 16.0 Å². The third-order valence-electron chi connectivity index (χ3n) is 4.73. The molecule has 2 aromatic carbocycles. The standard InChI is InChI=1S/C20H19FN4O3/c1-28-11-10-24-19(27)17(12-18(26)22-14-7-3-2-6-13(14)21)25-16-9-5-4-8-15(16)23-20(24)25/h2-9,17H,10-12H2,1H3,(H,22,26)/t17-/m0/s1. The lowest BCUT2D eigenvalue weighted by Gasteiger charge is -2.15. The number of fused-ring (bicyclic) bond motifs is 3. The van der Waals surface area contributed by atoms with Crippen molar-refractivity contribution in [1.82, 2.24) is 9.55 Å². The minimum absolute atomic E-state index is 0.0879. The summed E-state index contributed by atoms with van der Waals surface area (Å²) < 4.78 is 20.7. The van der Waals surface area contributed by atoms with Gasteiger partial charge in [0, 0.05) is 7.11 Å². The largest absolute Gasteiger partial charge is 0.383 e. The molecule has 1 aliphatic heterocycles. The first-order chi connectivity index (χ1) is 13.6. The Labute approximate surface area is 160 Å². The van der Waals surface area contributed by atoms with Gasteiger partial charge in [-0.3, -0.25) is 19.1 Å². The van der Waals surface area contributed by atoms with Crippen molar-refractivity contribution in [1.29, 1.82) is 0 Å². The summed E-state index contributed by atoms with van der Waals surface area (Å²) in [4.78, 5) is 31.6. The fourth-order valence-electron chi connectivity index (χ4n) is 3.43. The van der Waals surface area contributed by atoms with Crippen LogP contribution in [-0.2, 0) is 14.3 Å². The Kier molecular flexibility index (Phi) is 4.79. The van der Waals surface area contributed by atoms with Gasteiger partial charge in [0.2, 0.25) is 11.9 Å². The quantitative estimate of drug-likeness (QED) is 0.711. The Balaban J connectivity index is 1.64. The number of amides is 2. The average Bonchev–Trinajstić information content (AvgIpc) is 3.17. The van der Waals surface area contributed by atoms with Crippen LogP contribution in [0.15, 0.2) is 48.5 Å². The van der Waals surface area contributed by atoms with Crippen molar-refractivity contribution in [2.45, 2.75) is 12.5 Å². The average molecular weight is 382 g/mol. The minimum Gasteiger partial charge on any atom is -0.383 e. The predicted octanol–water partition coefficient (Wildman–Crippen LogP) is 2.74. The number of hydrogen-bond donors (Lipinski definition) is 1. The molecule has 1 aromatic heterocycles. The highest BCUT2D eigenvalue weighted by atomic mass is 19.1. The normalized spacial score (nSPS) is 15.9. The fourth-order valence-corrected chi connectivity index (χ4v) is 3.43. The number of ether oxygens (including phenoxy) is 1. The number of imidazole rings is 1. The molecule has 3 aromatic rings. The number of carbonyl (C=O) groups is 2. The minimum atomic E-state index is -0.744. The highest BCUT2D eigenvalue weighted by molar-refractivity contribution is 6.05. The third-order valence-corrected chi connectivity index (χ3v) is 4.73. The van der Waals surface area contributed by atoms with Crippen molar-refractivity contribution >= 4 is 34.5 Å². The maximum absolute atomic E-state index is 13.8. The second kappa shape index (κ2) is 7.40. The molecular weight excluding hydrogens is 363 g/mol. The SMILES string of the molecule is COCCN1C(=O)[C@H](CC(=O)Nc2ccccc2F)n2c1nc1ccccc12. The molecule has 2 amide bonds. The summed E-state index contributed by atoms with van der Waals surface area (Å²) in [6.07, 6.45) is -0.121. The first kappa shape index (κ1) is 18.1. The Hall–Kier alpha value is -3.26. The molecule has 0 radical (unpaired) electrons. The van der Waals surface area contributed by atoms with Gasteiger partial charge in [0.1, 0.15) is 11.9 Å². The molecule has 1 atom stereocenters. The number of para-hydroxylation sites is 3. The summed E-state index contributed by atoms with van der Waals surface area (Å²) in [7, 11) is 1.56. The lowest BCUT2D eigenvalue weighted by molar-refractivity contribution is -0.124. The van der Waals surface area contributed by atoms with Gasteiger partial charge in [-0.2, -0.15) is 0 Å². The van der Waals surface area contributed by atoms with Crippen LogP contribution >= 0.6 is 0 Å². The molecule has 144 valence electrons. The summed E-state index contributed by atoms with van der Waals surface area (Å²) in [5.74, 6) is -0.703. The number of rotatable bonds is 6. The van der Waals surface area contributed by atoms with Crippen LogP contribution in [0.25, 0.3) is 11.0 Å². The van der Waals surface area contributed by atoms with Crippen molar-refractivity contribution in [3.8, 4) is 0 Å². The van der Waals surface area contributed by atoms with E-state index in [4.69, 9.17) is 4.74 Å². The number of anilines is 2. The second-order valence-corrected chi connectivity index (χ2v) is 6.50. The van der Waals surface area contributed by atoms with Gasteiger partial charge in [-0.15, -0.1) is 0 Å². The van der Waals surface area contributed by atoms with Crippen LogP contribution in [-0.4, -0.2) is 41.6 Å². The monoisotopic (exact) mass is 382 g/mol. The van der Waals surface area contributed by atoms with Gasteiger partial charge in [-0.05, 0) is 24.3 Å². The number of hydrogen-bond acceptors (Lipinski definition) is 4. The van der Waals surface area contributed by atoms with Gasteiger partial charge in [-0.1, -0.05) is 24.3 Å². The lowest BCUT2D eigenvalue weighted by atomic mass is 10.1. The molecule has 0 fully saturated rings. The molecule has 0 unspecified atom stereocenters. The Morgan fingerprint density at radius 2 is 1.96 bits per heavy atom. The molecule has 1 N–H and O–H groups in total. The van der Waals surface area contributed by atoms with Gasteiger partial charge < -0.3 is 10.1 Å². The van der Waals surface area contributed by atoms with Gasteiger partial charge >= 0.3 is 0 Å². The number of benzene rings is 2. The maximum atomic E-state index is 13.8. The Morgan fingerprint density at radius 3 is 2.75 bits per heavy atom. The molecule has 2 heterocycles. The predicted molar refractivity (Wildman–Crippen MR) is 103 cm³/mol. The van der Waals surface area contributed by atoms with Crippen LogP contribution in [0.5, 0.6) is 0 Å². The molecule has 0 aliphatic carbocycles. The molecule has 4 rings (SSSR count). The first-order valence-electron chi connectivity index (χ1n) is 8.92. The number of nitrogens with zero attached hydrogens (tertiary/aromatic N) is 3. The number of carbonyl (C=O) groups excluding carboxylic acids is 2. The van der Waals surface area contributed by atoms with Crippen LogP contribution in [0, 0.1) is 5.82 Å². The van der Waals surface area contributed by atoms with Crippen molar-refractivity contribution in [2.24, 2.45) is 0 Å². The Morgan fingerprint density at radius 1 is 1.21 bits per heavy atom. The zero-order chi connectivity index (χ0) is 19.7. The van der Waals surface area contributed by atoms with Crippen molar-refractivity contribution < 1.29 is 18.7 Å². The molecular formula is C20H19FN4O3. The molecule has 0 spiro atoms. The third kappa shape index (κ3) is 3.11. The van der Waals surface area contributed by atoms with E-state index < -0.39 is 17.8 Å². The maximum Gasteiger partial charge on any atom is 0.253 e. The summed E-state index contributed by atoms with van der Waals surface area (Å²) in [5, 5.41) is 2.54.